The van der Waals surface area contributed by atoms with E-state index >= 15 is 0 Å². The van der Waals surface area contributed by atoms with Gasteiger partial charge in [-0.25, -0.2) is 9.59 Å². The zero-order chi connectivity index (χ0) is 16.5. The molecule has 0 aromatic heterocycles. The molecule has 0 unspecified atom stereocenters. The van der Waals surface area contributed by atoms with Gasteiger partial charge in [-0.1, -0.05) is 13.8 Å². The van der Waals surface area contributed by atoms with Gasteiger partial charge in [0, 0.05) is 31.6 Å². The zero-order valence-electron chi connectivity index (χ0n) is 14.3. The Bertz CT molecular complexity index is 294. The van der Waals surface area contributed by atoms with Gasteiger partial charge in [-0.3, -0.25) is 0 Å². The van der Waals surface area contributed by atoms with Crippen LogP contribution in [0.1, 0.15) is 41.5 Å². The van der Waals surface area contributed by atoms with Crippen LogP contribution in [0, 0.1) is 5.41 Å². The summed E-state index contributed by atoms with van der Waals surface area (Å²) in [7, 11) is 0. The fraction of sp³-hybridized carbons (Fsp3) is 0.867. The number of carbonyl (C=O) groups excluding carboxylic acids is 2. The predicted octanol–water partition coefficient (Wildman–Crippen LogP) is 2.97. The standard InChI is InChI=1S/C15H30N2O4/c1-7-16(8-2)13(18)20-11-15(5,6)12-21-14(19)17(9-3)10-4/h7-12H2,1-6H3. The van der Waals surface area contributed by atoms with Gasteiger partial charge in [0.15, 0.2) is 0 Å². The lowest BCUT2D eigenvalue weighted by atomic mass is 9.96. The molecule has 124 valence electrons. The van der Waals surface area contributed by atoms with Gasteiger partial charge in [0.05, 0.1) is 0 Å². The van der Waals surface area contributed by atoms with Crippen LogP contribution in [0.5, 0.6) is 0 Å². The molecule has 0 bridgehead atoms. The number of hydrogen-bond acceptors (Lipinski definition) is 4. The minimum Gasteiger partial charge on any atom is -0.449 e. The Balaban J connectivity index is 4.25. The smallest absolute Gasteiger partial charge is 0.409 e. The van der Waals surface area contributed by atoms with E-state index in [2.05, 4.69) is 0 Å². The van der Waals surface area contributed by atoms with Crippen molar-refractivity contribution in [1.82, 2.24) is 9.80 Å². The quantitative estimate of drug-likeness (QED) is 0.691. The first-order valence-corrected chi connectivity index (χ1v) is 7.64. The second-order valence-corrected chi connectivity index (χ2v) is 5.62. The molecule has 0 atom stereocenters. The number of hydrogen-bond donors (Lipinski definition) is 0. The third-order valence-corrected chi connectivity index (χ3v) is 3.22. The summed E-state index contributed by atoms with van der Waals surface area (Å²) in [5, 5.41) is 0. The van der Waals surface area contributed by atoms with Crippen LogP contribution in [0.2, 0.25) is 0 Å². The lowest BCUT2D eigenvalue weighted by Gasteiger charge is -2.27. The van der Waals surface area contributed by atoms with Crippen LogP contribution in [-0.4, -0.2) is 61.4 Å². The monoisotopic (exact) mass is 302 g/mol. The lowest BCUT2D eigenvalue weighted by molar-refractivity contribution is 0.0240. The van der Waals surface area contributed by atoms with Crippen LogP contribution in [0.25, 0.3) is 0 Å². The summed E-state index contributed by atoms with van der Waals surface area (Å²) in [5.41, 5.74) is -0.411. The van der Waals surface area contributed by atoms with E-state index < -0.39 is 5.41 Å². The van der Waals surface area contributed by atoms with Crippen LogP contribution in [0.3, 0.4) is 0 Å². The minimum absolute atomic E-state index is 0.216. The van der Waals surface area contributed by atoms with Gasteiger partial charge in [0.25, 0.3) is 0 Å². The van der Waals surface area contributed by atoms with E-state index in [1.54, 1.807) is 9.80 Å². The van der Waals surface area contributed by atoms with Crippen LogP contribution in [0.4, 0.5) is 9.59 Å². The molecule has 0 rings (SSSR count). The van der Waals surface area contributed by atoms with Crippen molar-refractivity contribution >= 4 is 12.2 Å². The zero-order valence-corrected chi connectivity index (χ0v) is 14.3. The fourth-order valence-corrected chi connectivity index (χ4v) is 1.70. The third kappa shape index (κ3) is 7.20. The second-order valence-electron chi connectivity index (χ2n) is 5.62. The number of nitrogens with zero attached hydrogens (tertiary/aromatic N) is 2. The van der Waals surface area contributed by atoms with Crippen LogP contribution >= 0.6 is 0 Å². The lowest BCUT2D eigenvalue weighted by Crippen LogP contribution is -2.37. The molecule has 0 N–H and O–H groups in total. The summed E-state index contributed by atoms with van der Waals surface area (Å²) in [6.45, 7) is 14.3. The molecule has 6 heteroatoms. The third-order valence-electron chi connectivity index (χ3n) is 3.22. The normalized spacial score (nSPS) is 11.0. The molecule has 0 fully saturated rings. The van der Waals surface area contributed by atoms with E-state index in [0.717, 1.165) is 0 Å². The Morgan fingerprint density at radius 3 is 1.29 bits per heavy atom. The van der Waals surface area contributed by atoms with E-state index in [-0.39, 0.29) is 25.4 Å². The molecule has 0 aliphatic heterocycles. The molecule has 0 aromatic carbocycles. The Kier molecular flexibility index (Phi) is 8.81. The summed E-state index contributed by atoms with van der Waals surface area (Å²) >= 11 is 0. The topological polar surface area (TPSA) is 59.1 Å². The molecule has 2 amide bonds. The molecule has 0 saturated carbocycles. The van der Waals surface area contributed by atoms with Crippen LogP contribution in [0.15, 0.2) is 0 Å². The highest BCUT2D eigenvalue weighted by molar-refractivity contribution is 5.68. The molecule has 0 heterocycles. The van der Waals surface area contributed by atoms with Gasteiger partial charge in [0.1, 0.15) is 13.2 Å². The van der Waals surface area contributed by atoms with Gasteiger partial charge in [0.2, 0.25) is 0 Å². The van der Waals surface area contributed by atoms with Crippen molar-refractivity contribution < 1.29 is 19.1 Å². The van der Waals surface area contributed by atoms with Crippen molar-refractivity contribution in [2.45, 2.75) is 41.5 Å². The molecule has 6 nitrogen and oxygen atoms in total. The van der Waals surface area contributed by atoms with E-state index in [1.807, 2.05) is 41.5 Å². The fourth-order valence-electron chi connectivity index (χ4n) is 1.70. The highest BCUT2D eigenvalue weighted by Gasteiger charge is 2.25. The van der Waals surface area contributed by atoms with Gasteiger partial charge >= 0.3 is 12.2 Å². The molecule has 0 aromatic rings. The molecule has 0 aliphatic rings. The summed E-state index contributed by atoms with van der Waals surface area (Å²) in [6.07, 6.45) is -0.661. The molecular weight excluding hydrogens is 272 g/mol. The average Bonchev–Trinajstić information content (AvgIpc) is 2.46. The average molecular weight is 302 g/mol. The summed E-state index contributed by atoms with van der Waals surface area (Å²) in [6, 6.07) is 0. The van der Waals surface area contributed by atoms with Gasteiger partial charge < -0.3 is 19.3 Å². The van der Waals surface area contributed by atoms with Crippen molar-refractivity contribution in [1.29, 1.82) is 0 Å². The Morgan fingerprint density at radius 1 is 0.762 bits per heavy atom. The van der Waals surface area contributed by atoms with Crippen molar-refractivity contribution in [2.75, 3.05) is 39.4 Å². The van der Waals surface area contributed by atoms with Crippen LogP contribution < -0.4 is 0 Å². The van der Waals surface area contributed by atoms with E-state index in [4.69, 9.17) is 9.47 Å². The van der Waals surface area contributed by atoms with Crippen molar-refractivity contribution in [2.24, 2.45) is 5.41 Å². The van der Waals surface area contributed by atoms with E-state index in [0.29, 0.717) is 26.2 Å². The molecule has 0 aliphatic carbocycles. The number of ether oxygens (including phenoxy) is 2. The van der Waals surface area contributed by atoms with Gasteiger partial charge in [-0.15, -0.1) is 0 Å². The van der Waals surface area contributed by atoms with E-state index in [9.17, 15) is 9.59 Å². The first-order valence-electron chi connectivity index (χ1n) is 7.64. The Morgan fingerprint density at radius 2 is 1.05 bits per heavy atom. The molecule has 0 saturated heterocycles. The maximum atomic E-state index is 11.8. The van der Waals surface area contributed by atoms with Crippen molar-refractivity contribution in [3.05, 3.63) is 0 Å². The SMILES string of the molecule is CCN(CC)C(=O)OCC(C)(C)COC(=O)N(CC)CC. The summed E-state index contributed by atoms with van der Waals surface area (Å²) < 4.78 is 10.6. The second kappa shape index (κ2) is 9.47. The summed E-state index contributed by atoms with van der Waals surface area (Å²) in [4.78, 5) is 26.8. The summed E-state index contributed by atoms with van der Waals surface area (Å²) in [5.74, 6) is 0. The molecule has 0 spiro atoms. The number of carbonyl (C=O) groups is 2. The number of rotatable bonds is 8. The molecule has 0 radical (unpaired) electrons. The highest BCUT2D eigenvalue weighted by Crippen LogP contribution is 2.17. The number of amides is 2. The van der Waals surface area contributed by atoms with Gasteiger partial charge in [-0.2, -0.15) is 0 Å². The van der Waals surface area contributed by atoms with Crippen LogP contribution in [-0.2, 0) is 9.47 Å². The highest BCUT2D eigenvalue weighted by atomic mass is 16.6. The predicted molar refractivity (Wildman–Crippen MR) is 82.3 cm³/mol. The maximum Gasteiger partial charge on any atom is 0.409 e. The molecule has 21 heavy (non-hydrogen) atoms. The Labute approximate surface area is 128 Å². The van der Waals surface area contributed by atoms with E-state index in [1.165, 1.54) is 0 Å². The molecular formula is C15H30N2O4. The van der Waals surface area contributed by atoms with Crippen molar-refractivity contribution in [3.8, 4) is 0 Å². The van der Waals surface area contributed by atoms with Gasteiger partial charge in [-0.05, 0) is 27.7 Å². The first-order chi connectivity index (χ1) is 9.81. The Hall–Kier alpha value is -1.46. The maximum absolute atomic E-state index is 11.8. The first kappa shape index (κ1) is 19.5. The minimum atomic E-state index is -0.411. The largest absolute Gasteiger partial charge is 0.449 e. The van der Waals surface area contributed by atoms with Crippen molar-refractivity contribution in [3.63, 3.8) is 0 Å².